The first-order chi connectivity index (χ1) is 12.0. The lowest BCUT2D eigenvalue weighted by Gasteiger charge is -2.22. The Morgan fingerprint density at radius 2 is 1.92 bits per heavy atom. The molecule has 0 saturated heterocycles. The molecule has 1 aliphatic carbocycles. The summed E-state index contributed by atoms with van der Waals surface area (Å²) >= 11 is 12.5. The standard InChI is InChI=1S/C18H22Cl2N4O/c1-12-10-17(22-18(25)21-13-6-3-2-4-7-13)23-24(12)11-14-15(19)8-5-9-16(14)20/h5,8-10,13H,2-4,6-7,11H2,1H3,(H2,21,22,23,25). The molecule has 2 aromatic rings. The van der Waals surface area contributed by atoms with Gasteiger partial charge in [0.2, 0.25) is 0 Å². The van der Waals surface area contributed by atoms with Crippen LogP contribution in [0.15, 0.2) is 24.3 Å². The summed E-state index contributed by atoms with van der Waals surface area (Å²) in [5, 5.41) is 11.5. The Hall–Kier alpha value is -1.72. The molecule has 134 valence electrons. The molecule has 2 amide bonds. The van der Waals surface area contributed by atoms with Crippen molar-refractivity contribution in [3.63, 3.8) is 0 Å². The molecule has 1 fully saturated rings. The highest BCUT2D eigenvalue weighted by atomic mass is 35.5. The Morgan fingerprint density at radius 3 is 2.60 bits per heavy atom. The third kappa shape index (κ3) is 4.67. The second-order valence-corrected chi connectivity index (χ2v) is 7.28. The van der Waals surface area contributed by atoms with Gasteiger partial charge in [0.1, 0.15) is 0 Å². The third-order valence-electron chi connectivity index (χ3n) is 4.53. The first kappa shape index (κ1) is 18.1. The number of amides is 2. The van der Waals surface area contributed by atoms with Crippen LogP contribution in [0.5, 0.6) is 0 Å². The molecule has 1 aliphatic rings. The van der Waals surface area contributed by atoms with Gasteiger partial charge in [0, 0.05) is 33.4 Å². The molecular formula is C18H22Cl2N4O. The smallest absolute Gasteiger partial charge is 0.320 e. The van der Waals surface area contributed by atoms with Crippen LogP contribution in [0.2, 0.25) is 10.0 Å². The van der Waals surface area contributed by atoms with E-state index in [1.807, 2.05) is 19.1 Å². The Labute approximate surface area is 157 Å². The Morgan fingerprint density at radius 1 is 1.24 bits per heavy atom. The number of aryl methyl sites for hydroxylation is 1. The SMILES string of the molecule is Cc1cc(NC(=O)NC2CCCCC2)nn1Cc1c(Cl)cccc1Cl. The van der Waals surface area contributed by atoms with Gasteiger partial charge >= 0.3 is 6.03 Å². The van der Waals surface area contributed by atoms with E-state index in [0.29, 0.717) is 22.4 Å². The highest BCUT2D eigenvalue weighted by Gasteiger charge is 2.17. The summed E-state index contributed by atoms with van der Waals surface area (Å²) < 4.78 is 1.78. The average molecular weight is 381 g/mol. The maximum atomic E-state index is 12.2. The minimum absolute atomic E-state index is 0.202. The maximum absolute atomic E-state index is 12.2. The van der Waals surface area contributed by atoms with E-state index in [1.54, 1.807) is 16.8 Å². The largest absolute Gasteiger partial charge is 0.335 e. The van der Waals surface area contributed by atoms with Crippen molar-refractivity contribution < 1.29 is 4.79 Å². The lowest BCUT2D eigenvalue weighted by atomic mass is 9.96. The summed E-state index contributed by atoms with van der Waals surface area (Å²) in [5.41, 5.74) is 1.74. The molecule has 0 atom stereocenters. The quantitative estimate of drug-likeness (QED) is 0.783. The molecule has 0 radical (unpaired) electrons. The monoisotopic (exact) mass is 380 g/mol. The van der Waals surface area contributed by atoms with Crippen molar-refractivity contribution in [1.29, 1.82) is 0 Å². The summed E-state index contributed by atoms with van der Waals surface area (Å²) in [6, 6.07) is 7.32. The van der Waals surface area contributed by atoms with Crippen molar-refractivity contribution in [2.24, 2.45) is 0 Å². The lowest BCUT2D eigenvalue weighted by molar-refractivity contribution is 0.244. The number of anilines is 1. The first-order valence-electron chi connectivity index (χ1n) is 8.58. The molecule has 2 N–H and O–H groups in total. The maximum Gasteiger partial charge on any atom is 0.320 e. The molecule has 1 aromatic carbocycles. The van der Waals surface area contributed by atoms with Gasteiger partial charge in [-0.1, -0.05) is 48.5 Å². The van der Waals surface area contributed by atoms with Crippen LogP contribution in [-0.2, 0) is 6.54 Å². The number of halogens is 2. The van der Waals surface area contributed by atoms with E-state index in [1.165, 1.54) is 19.3 Å². The third-order valence-corrected chi connectivity index (χ3v) is 5.24. The van der Waals surface area contributed by atoms with Gasteiger partial charge in [-0.3, -0.25) is 10.00 Å². The molecule has 25 heavy (non-hydrogen) atoms. The van der Waals surface area contributed by atoms with Gasteiger partial charge in [-0.05, 0) is 31.9 Å². The summed E-state index contributed by atoms with van der Waals surface area (Å²) in [7, 11) is 0. The van der Waals surface area contributed by atoms with E-state index in [2.05, 4.69) is 15.7 Å². The summed E-state index contributed by atoms with van der Waals surface area (Å²) in [5.74, 6) is 0.522. The number of carbonyl (C=O) groups excluding carboxylic acids is 1. The van der Waals surface area contributed by atoms with E-state index >= 15 is 0 Å². The molecule has 1 aromatic heterocycles. The number of nitrogens with one attached hydrogen (secondary N) is 2. The van der Waals surface area contributed by atoms with Crippen LogP contribution in [0.1, 0.15) is 43.4 Å². The van der Waals surface area contributed by atoms with Gasteiger partial charge in [0.15, 0.2) is 5.82 Å². The zero-order chi connectivity index (χ0) is 17.8. The van der Waals surface area contributed by atoms with Gasteiger partial charge < -0.3 is 5.32 Å². The minimum Gasteiger partial charge on any atom is -0.335 e. The fourth-order valence-electron chi connectivity index (χ4n) is 3.15. The van der Waals surface area contributed by atoms with Gasteiger partial charge in [-0.2, -0.15) is 5.10 Å². The number of hydrogen-bond acceptors (Lipinski definition) is 2. The first-order valence-corrected chi connectivity index (χ1v) is 9.33. The highest BCUT2D eigenvalue weighted by molar-refractivity contribution is 6.35. The number of nitrogens with zero attached hydrogens (tertiary/aromatic N) is 2. The molecule has 7 heteroatoms. The van der Waals surface area contributed by atoms with Crippen molar-refractivity contribution >= 4 is 35.1 Å². The van der Waals surface area contributed by atoms with Crippen molar-refractivity contribution in [2.75, 3.05) is 5.32 Å². The topological polar surface area (TPSA) is 59.0 Å². The molecule has 0 spiro atoms. The van der Waals surface area contributed by atoms with Gasteiger partial charge in [0.25, 0.3) is 0 Å². The van der Waals surface area contributed by atoms with Gasteiger partial charge in [0.05, 0.1) is 6.54 Å². The van der Waals surface area contributed by atoms with Crippen molar-refractivity contribution in [2.45, 2.75) is 51.6 Å². The lowest BCUT2D eigenvalue weighted by Crippen LogP contribution is -2.39. The number of aromatic nitrogens is 2. The van der Waals surface area contributed by atoms with Crippen LogP contribution in [0.4, 0.5) is 10.6 Å². The van der Waals surface area contributed by atoms with Gasteiger partial charge in [-0.25, -0.2) is 4.79 Å². The Balaban J connectivity index is 1.64. The van der Waals surface area contributed by atoms with E-state index in [4.69, 9.17) is 23.2 Å². The van der Waals surface area contributed by atoms with Crippen LogP contribution in [0.25, 0.3) is 0 Å². The molecular weight excluding hydrogens is 359 g/mol. The van der Waals surface area contributed by atoms with Crippen molar-refractivity contribution in [3.8, 4) is 0 Å². The van der Waals surface area contributed by atoms with E-state index in [0.717, 1.165) is 24.1 Å². The zero-order valence-corrected chi connectivity index (χ0v) is 15.7. The number of carbonyl (C=O) groups is 1. The summed E-state index contributed by atoms with van der Waals surface area (Å²) in [6.07, 6.45) is 5.71. The average Bonchev–Trinajstić information content (AvgIpc) is 2.91. The predicted molar refractivity (Wildman–Crippen MR) is 102 cm³/mol. The van der Waals surface area contributed by atoms with Crippen LogP contribution in [0, 0.1) is 6.92 Å². The number of benzene rings is 1. The van der Waals surface area contributed by atoms with E-state index in [9.17, 15) is 4.79 Å². The minimum atomic E-state index is -0.202. The second-order valence-electron chi connectivity index (χ2n) is 6.46. The van der Waals surface area contributed by atoms with Crippen LogP contribution in [0.3, 0.4) is 0 Å². The molecule has 5 nitrogen and oxygen atoms in total. The summed E-state index contributed by atoms with van der Waals surface area (Å²) in [4.78, 5) is 12.2. The molecule has 1 saturated carbocycles. The molecule has 0 bridgehead atoms. The van der Waals surface area contributed by atoms with E-state index in [-0.39, 0.29) is 12.1 Å². The molecule has 3 rings (SSSR count). The summed E-state index contributed by atoms with van der Waals surface area (Å²) in [6.45, 7) is 2.39. The number of urea groups is 1. The van der Waals surface area contributed by atoms with Crippen molar-refractivity contribution in [3.05, 3.63) is 45.6 Å². The van der Waals surface area contributed by atoms with Crippen LogP contribution in [-0.4, -0.2) is 21.9 Å². The van der Waals surface area contributed by atoms with Crippen molar-refractivity contribution in [1.82, 2.24) is 15.1 Å². The number of hydrogen-bond donors (Lipinski definition) is 2. The highest BCUT2D eigenvalue weighted by Crippen LogP contribution is 2.26. The predicted octanol–water partition coefficient (Wildman–Crippen LogP) is 5.00. The van der Waals surface area contributed by atoms with Gasteiger partial charge in [-0.15, -0.1) is 0 Å². The Bertz CT molecular complexity index is 733. The molecule has 0 unspecified atom stereocenters. The fourth-order valence-corrected chi connectivity index (χ4v) is 3.67. The molecule has 0 aliphatic heterocycles. The number of rotatable bonds is 4. The fraction of sp³-hybridized carbons (Fsp3) is 0.444. The van der Waals surface area contributed by atoms with Crippen LogP contribution < -0.4 is 10.6 Å². The normalized spacial score (nSPS) is 15.2. The molecule has 1 heterocycles. The Kier molecular flexibility index (Phi) is 5.86. The zero-order valence-electron chi connectivity index (χ0n) is 14.2. The van der Waals surface area contributed by atoms with Crippen LogP contribution >= 0.6 is 23.2 Å². The van der Waals surface area contributed by atoms with E-state index < -0.39 is 0 Å². The second kappa shape index (κ2) is 8.11.